The number of rotatable bonds is 3. The number of aliphatic hydroxyl groups excluding tert-OH is 1. The number of aliphatic hydroxyl groups is 1. The molecular formula is C16H16FN3O. The van der Waals surface area contributed by atoms with Crippen molar-refractivity contribution in [3.8, 4) is 0 Å². The summed E-state index contributed by atoms with van der Waals surface area (Å²) in [6.07, 6.45) is 0. The predicted octanol–water partition coefficient (Wildman–Crippen LogP) is 2.86. The molecule has 0 spiro atoms. The molecule has 0 fully saturated rings. The molecule has 0 radical (unpaired) electrons. The van der Waals surface area contributed by atoms with Gasteiger partial charge in [-0.1, -0.05) is 18.2 Å². The van der Waals surface area contributed by atoms with Crippen molar-refractivity contribution in [3.63, 3.8) is 0 Å². The topological polar surface area (TPSA) is 64.1 Å². The molecule has 1 heterocycles. The summed E-state index contributed by atoms with van der Waals surface area (Å²) in [5, 5.41) is 9.55. The fourth-order valence-corrected chi connectivity index (χ4v) is 2.66. The number of nitrogens with zero attached hydrogens (tertiary/aromatic N) is 2. The summed E-state index contributed by atoms with van der Waals surface area (Å²) in [5.74, 6) is 0.220. The standard InChI is InChI=1S/C16H16FN3O/c1-10(12-4-2-3-5-13(12)17)20-15-7-6-11(18)8-14(15)19-16(20)9-21/h2-8,10,21H,9,18H2,1H3. The van der Waals surface area contributed by atoms with E-state index in [1.54, 1.807) is 30.3 Å². The van der Waals surface area contributed by atoms with Gasteiger partial charge < -0.3 is 15.4 Å². The molecule has 3 N–H and O–H groups in total. The number of nitrogens with two attached hydrogens (primary N) is 1. The molecule has 0 aliphatic rings. The van der Waals surface area contributed by atoms with Gasteiger partial charge in [-0.3, -0.25) is 0 Å². The van der Waals surface area contributed by atoms with E-state index in [4.69, 9.17) is 5.73 Å². The van der Waals surface area contributed by atoms with Crippen LogP contribution in [0.4, 0.5) is 10.1 Å². The van der Waals surface area contributed by atoms with Gasteiger partial charge in [0, 0.05) is 11.3 Å². The summed E-state index contributed by atoms with van der Waals surface area (Å²) in [4.78, 5) is 4.38. The summed E-state index contributed by atoms with van der Waals surface area (Å²) >= 11 is 0. The van der Waals surface area contributed by atoms with Crippen LogP contribution in [0.25, 0.3) is 11.0 Å². The fraction of sp³-hybridized carbons (Fsp3) is 0.188. The molecule has 1 atom stereocenters. The van der Waals surface area contributed by atoms with Crippen LogP contribution in [0.2, 0.25) is 0 Å². The van der Waals surface area contributed by atoms with Crippen LogP contribution in [-0.2, 0) is 6.61 Å². The van der Waals surface area contributed by atoms with Crippen LogP contribution >= 0.6 is 0 Å². The molecule has 1 aromatic heterocycles. The van der Waals surface area contributed by atoms with E-state index < -0.39 is 0 Å². The molecule has 1 unspecified atom stereocenters. The fourth-order valence-electron chi connectivity index (χ4n) is 2.66. The lowest BCUT2D eigenvalue weighted by Crippen LogP contribution is -2.12. The van der Waals surface area contributed by atoms with E-state index in [0.717, 1.165) is 5.52 Å². The number of hydrogen-bond donors (Lipinski definition) is 2. The van der Waals surface area contributed by atoms with E-state index in [1.165, 1.54) is 6.07 Å². The molecule has 3 aromatic rings. The smallest absolute Gasteiger partial charge is 0.136 e. The van der Waals surface area contributed by atoms with Crippen LogP contribution in [-0.4, -0.2) is 14.7 Å². The van der Waals surface area contributed by atoms with Gasteiger partial charge in [0.15, 0.2) is 0 Å². The number of hydrogen-bond acceptors (Lipinski definition) is 3. The van der Waals surface area contributed by atoms with Crippen LogP contribution in [0.15, 0.2) is 42.5 Å². The third-order valence-electron chi connectivity index (χ3n) is 3.67. The van der Waals surface area contributed by atoms with Gasteiger partial charge in [-0.05, 0) is 31.2 Å². The highest BCUT2D eigenvalue weighted by Gasteiger charge is 2.19. The van der Waals surface area contributed by atoms with E-state index in [0.29, 0.717) is 22.6 Å². The summed E-state index contributed by atoms with van der Waals surface area (Å²) in [6, 6.07) is 11.7. The molecule has 21 heavy (non-hydrogen) atoms. The van der Waals surface area contributed by atoms with Crippen molar-refractivity contribution in [2.75, 3.05) is 5.73 Å². The van der Waals surface area contributed by atoms with Crippen LogP contribution < -0.4 is 5.73 Å². The van der Waals surface area contributed by atoms with E-state index in [2.05, 4.69) is 4.98 Å². The van der Waals surface area contributed by atoms with Gasteiger partial charge in [-0.2, -0.15) is 0 Å². The predicted molar refractivity (Wildman–Crippen MR) is 80.3 cm³/mol. The van der Waals surface area contributed by atoms with Gasteiger partial charge in [0.05, 0.1) is 17.1 Å². The SMILES string of the molecule is CC(c1ccccc1F)n1c(CO)nc2cc(N)ccc21. The van der Waals surface area contributed by atoms with Crippen LogP contribution in [0.1, 0.15) is 24.4 Å². The Hall–Kier alpha value is -2.40. The average molecular weight is 285 g/mol. The van der Waals surface area contributed by atoms with Gasteiger partial charge in [0.2, 0.25) is 0 Å². The van der Waals surface area contributed by atoms with Gasteiger partial charge in [0.25, 0.3) is 0 Å². The van der Waals surface area contributed by atoms with Gasteiger partial charge >= 0.3 is 0 Å². The van der Waals surface area contributed by atoms with E-state index in [9.17, 15) is 9.50 Å². The Kier molecular flexibility index (Phi) is 3.35. The van der Waals surface area contributed by atoms with Crippen molar-refractivity contribution < 1.29 is 9.50 Å². The summed E-state index contributed by atoms with van der Waals surface area (Å²) in [7, 11) is 0. The average Bonchev–Trinajstić information content (AvgIpc) is 2.84. The highest BCUT2D eigenvalue weighted by atomic mass is 19.1. The first-order valence-corrected chi connectivity index (χ1v) is 6.73. The second-order valence-corrected chi connectivity index (χ2v) is 5.00. The zero-order chi connectivity index (χ0) is 15.0. The lowest BCUT2D eigenvalue weighted by Gasteiger charge is -2.18. The third-order valence-corrected chi connectivity index (χ3v) is 3.67. The summed E-state index contributed by atoms with van der Waals surface area (Å²) in [6.45, 7) is 1.67. The molecule has 0 bridgehead atoms. The Balaban J connectivity index is 2.21. The lowest BCUT2D eigenvalue weighted by atomic mass is 10.1. The highest BCUT2D eigenvalue weighted by Crippen LogP contribution is 2.28. The van der Waals surface area contributed by atoms with Crippen LogP contribution in [0.5, 0.6) is 0 Å². The first-order chi connectivity index (χ1) is 10.1. The molecule has 2 aromatic carbocycles. The number of halogens is 1. The van der Waals surface area contributed by atoms with Crippen molar-refractivity contribution in [2.24, 2.45) is 0 Å². The van der Waals surface area contributed by atoms with E-state index >= 15 is 0 Å². The number of anilines is 1. The first-order valence-electron chi connectivity index (χ1n) is 6.73. The first kappa shape index (κ1) is 13.6. The molecule has 0 saturated carbocycles. The number of benzene rings is 2. The Morgan fingerprint density at radius 1 is 1.29 bits per heavy atom. The maximum atomic E-state index is 14.0. The minimum Gasteiger partial charge on any atom is -0.399 e. The number of fused-ring (bicyclic) bond motifs is 1. The van der Waals surface area contributed by atoms with Crippen molar-refractivity contribution >= 4 is 16.7 Å². The number of nitrogen functional groups attached to an aromatic ring is 1. The minimum atomic E-state index is -0.276. The molecular weight excluding hydrogens is 269 g/mol. The second kappa shape index (κ2) is 5.18. The molecule has 3 rings (SSSR count). The molecule has 0 amide bonds. The normalized spacial score (nSPS) is 12.7. The monoisotopic (exact) mass is 285 g/mol. The molecule has 0 aliphatic heterocycles. The van der Waals surface area contributed by atoms with Gasteiger partial charge in [-0.25, -0.2) is 9.37 Å². The Labute approximate surface area is 121 Å². The van der Waals surface area contributed by atoms with Crippen molar-refractivity contribution in [2.45, 2.75) is 19.6 Å². The second-order valence-electron chi connectivity index (χ2n) is 5.00. The molecule has 0 aliphatic carbocycles. The van der Waals surface area contributed by atoms with Crippen molar-refractivity contribution in [1.82, 2.24) is 9.55 Å². The number of aromatic nitrogens is 2. The molecule has 108 valence electrons. The van der Waals surface area contributed by atoms with Crippen molar-refractivity contribution in [1.29, 1.82) is 0 Å². The molecule has 4 nitrogen and oxygen atoms in total. The quantitative estimate of drug-likeness (QED) is 0.727. The van der Waals surface area contributed by atoms with Gasteiger partial charge in [0.1, 0.15) is 18.2 Å². The van der Waals surface area contributed by atoms with Crippen molar-refractivity contribution in [3.05, 3.63) is 59.7 Å². The minimum absolute atomic E-state index is 0.215. The van der Waals surface area contributed by atoms with Gasteiger partial charge in [-0.15, -0.1) is 0 Å². The Morgan fingerprint density at radius 2 is 2.05 bits per heavy atom. The Morgan fingerprint density at radius 3 is 2.76 bits per heavy atom. The van der Waals surface area contributed by atoms with E-state index in [-0.39, 0.29) is 18.5 Å². The van der Waals surface area contributed by atoms with E-state index in [1.807, 2.05) is 17.6 Å². The largest absolute Gasteiger partial charge is 0.399 e. The summed E-state index contributed by atoms with van der Waals surface area (Å²) < 4.78 is 15.9. The maximum absolute atomic E-state index is 14.0. The van der Waals surface area contributed by atoms with Crippen LogP contribution in [0.3, 0.4) is 0 Å². The zero-order valence-corrected chi connectivity index (χ0v) is 11.6. The highest BCUT2D eigenvalue weighted by molar-refractivity contribution is 5.80. The zero-order valence-electron chi connectivity index (χ0n) is 11.6. The maximum Gasteiger partial charge on any atom is 0.136 e. The number of imidazole rings is 1. The molecule has 5 heteroatoms. The van der Waals surface area contributed by atoms with Crippen LogP contribution in [0, 0.1) is 5.82 Å². The lowest BCUT2D eigenvalue weighted by molar-refractivity contribution is 0.264. The summed E-state index contributed by atoms with van der Waals surface area (Å²) in [5.41, 5.74) is 8.45. The Bertz CT molecular complexity index is 797. The molecule has 0 saturated heterocycles. The third kappa shape index (κ3) is 2.25.